The summed E-state index contributed by atoms with van der Waals surface area (Å²) in [6.45, 7) is 1.00. The molecule has 1 saturated carbocycles. The summed E-state index contributed by atoms with van der Waals surface area (Å²) in [6.07, 6.45) is 2.70. The van der Waals surface area contributed by atoms with Crippen LogP contribution in [0.3, 0.4) is 0 Å². The molecule has 0 unspecified atom stereocenters. The minimum atomic E-state index is 0.781. The lowest BCUT2D eigenvalue weighted by molar-refractivity contribution is 0.687. The van der Waals surface area contributed by atoms with Gasteiger partial charge in [0.05, 0.1) is 0 Å². The maximum Gasteiger partial charge on any atom is 0.0208 e. The molecule has 2 aromatic rings. The number of hydrogen-bond donors (Lipinski definition) is 1. The largest absolute Gasteiger partial charge is 0.310 e. The molecule has 0 aromatic heterocycles. The summed E-state index contributed by atoms with van der Waals surface area (Å²) in [6, 6.07) is 20.2. The summed E-state index contributed by atoms with van der Waals surface area (Å²) in [4.78, 5) is 2.60. The molecule has 1 fully saturated rings. The van der Waals surface area contributed by atoms with E-state index in [1.165, 1.54) is 28.2 Å². The van der Waals surface area contributed by atoms with E-state index in [9.17, 15) is 0 Å². The van der Waals surface area contributed by atoms with Gasteiger partial charge in [-0.3, -0.25) is 0 Å². The van der Waals surface area contributed by atoms with Crippen molar-refractivity contribution < 1.29 is 0 Å². The van der Waals surface area contributed by atoms with Crippen molar-refractivity contribution in [2.45, 2.75) is 35.2 Å². The second-order valence-electron chi connectivity index (χ2n) is 4.71. The minimum Gasteiger partial charge on any atom is -0.310 e. The third kappa shape index (κ3) is 3.37. The summed E-state index contributed by atoms with van der Waals surface area (Å²) in [5.41, 5.74) is 1.37. The topological polar surface area (TPSA) is 12.0 Å². The molecule has 0 atom stereocenters. The first kappa shape index (κ1) is 11.8. The number of rotatable bonds is 5. The molecule has 92 valence electrons. The Morgan fingerprint density at radius 1 is 0.889 bits per heavy atom. The predicted molar refractivity (Wildman–Crippen MR) is 76.9 cm³/mol. The first-order valence-electron chi connectivity index (χ1n) is 6.45. The van der Waals surface area contributed by atoms with Gasteiger partial charge in [-0.25, -0.2) is 0 Å². The van der Waals surface area contributed by atoms with Crippen molar-refractivity contribution in [3.05, 3.63) is 60.2 Å². The molecule has 0 heterocycles. The Hall–Kier alpha value is -1.25. The quantitative estimate of drug-likeness (QED) is 0.863. The summed E-state index contributed by atoms with van der Waals surface area (Å²) in [5, 5.41) is 3.54. The van der Waals surface area contributed by atoms with Crippen LogP contribution >= 0.6 is 11.8 Å². The van der Waals surface area contributed by atoms with Crippen molar-refractivity contribution in [3.8, 4) is 0 Å². The first-order chi connectivity index (χ1) is 8.90. The van der Waals surface area contributed by atoms with Crippen LogP contribution < -0.4 is 5.32 Å². The van der Waals surface area contributed by atoms with Gasteiger partial charge in [0.2, 0.25) is 0 Å². The molecular weight excluding hydrogens is 238 g/mol. The van der Waals surface area contributed by atoms with E-state index >= 15 is 0 Å². The van der Waals surface area contributed by atoms with E-state index in [1.54, 1.807) is 0 Å². The zero-order valence-electron chi connectivity index (χ0n) is 10.3. The van der Waals surface area contributed by atoms with Crippen molar-refractivity contribution in [1.82, 2.24) is 5.32 Å². The van der Waals surface area contributed by atoms with Crippen LogP contribution in [-0.2, 0) is 6.54 Å². The minimum absolute atomic E-state index is 0.781. The molecule has 0 aliphatic heterocycles. The van der Waals surface area contributed by atoms with Crippen LogP contribution in [0.5, 0.6) is 0 Å². The van der Waals surface area contributed by atoms with Crippen molar-refractivity contribution in [1.29, 1.82) is 0 Å². The standard InChI is InChI=1S/C16H17NS/c1-2-4-15(5-3-1)18-16-10-6-13(7-11-16)12-17-14-8-9-14/h1-7,10-11,14,17H,8-9,12H2. The van der Waals surface area contributed by atoms with Crippen LogP contribution in [0.25, 0.3) is 0 Å². The van der Waals surface area contributed by atoms with Gasteiger partial charge in [0.25, 0.3) is 0 Å². The van der Waals surface area contributed by atoms with Crippen LogP contribution in [0.1, 0.15) is 18.4 Å². The van der Waals surface area contributed by atoms with Gasteiger partial charge >= 0.3 is 0 Å². The van der Waals surface area contributed by atoms with Crippen LogP contribution in [0, 0.1) is 0 Å². The molecule has 0 radical (unpaired) electrons. The molecule has 0 saturated heterocycles. The monoisotopic (exact) mass is 255 g/mol. The SMILES string of the molecule is c1ccc(Sc2ccc(CNC3CC3)cc2)cc1. The molecule has 1 N–H and O–H groups in total. The molecule has 0 spiro atoms. The molecule has 0 amide bonds. The predicted octanol–water partition coefficient (Wildman–Crippen LogP) is 4.09. The Labute approximate surface area is 113 Å². The zero-order chi connectivity index (χ0) is 12.2. The van der Waals surface area contributed by atoms with Gasteiger partial charge in [-0.1, -0.05) is 42.1 Å². The van der Waals surface area contributed by atoms with E-state index in [0.29, 0.717) is 0 Å². The molecule has 1 nitrogen and oxygen atoms in total. The highest BCUT2D eigenvalue weighted by atomic mass is 32.2. The van der Waals surface area contributed by atoms with Gasteiger partial charge in [-0.2, -0.15) is 0 Å². The summed E-state index contributed by atoms with van der Waals surface area (Å²) < 4.78 is 0. The second-order valence-corrected chi connectivity index (χ2v) is 5.86. The maximum atomic E-state index is 3.54. The molecule has 2 heteroatoms. The Kier molecular flexibility index (Phi) is 3.67. The average molecular weight is 255 g/mol. The van der Waals surface area contributed by atoms with E-state index in [2.05, 4.69) is 59.9 Å². The lowest BCUT2D eigenvalue weighted by atomic mass is 10.2. The zero-order valence-corrected chi connectivity index (χ0v) is 11.1. The molecule has 3 rings (SSSR count). The van der Waals surface area contributed by atoms with E-state index in [0.717, 1.165) is 12.6 Å². The van der Waals surface area contributed by atoms with E-state index in [4.69, 9.17) is 0 Å². The molecule has 18 heavy (non-hydrogen) atoms. The fourth-order valence-corrected chi connectivity index (χ4v) is 2.69. The summed E-state index contributed by atoms with van der Waals surface area (Å²) in [7, 11) is 0. The van der Waals surface area contributed by atoms with E-state index in [1.807, 2.05) is 11.8 Å². The molecule has 1 aliphatic rings. The number of benzene rings is 2. The highest BCUT2D eigenvalue weighted by Crippen LogP contribution is 2.27. The average Bonchev–Trinajstić information content (AvgIpc) is 3.23. The Morgan fingerprint density at radius 2 is 1.56 bits per heavy atom. The van der Waals surface area contributed by atoms with Gasteiger partial charge in [0.15, 0.2) is 0 Å². The Balaban J connectivity index is 1.59. The highest BCUT2D eigenvalue weighted by molar-refractivity contribution is 7.99. The Bertz CT molecular complexity index is 488. The molecular formula is C16H17NS. The molecule has 0 bridgehead atoms. The van der Waals surface area contributed by atoms with Crippen LogP contribution in [0.2, 0.25) is 0 Å². The van der Waals surface area contributed by atoms with Crippen LogP contribution in [-0.4, -0.2) is 6.04 Å². The fraction of sp³-hybridized carbons (Fsp3) is 0.250. The Morgan fingerprint density at radius 3 is 2.22 bits per heavy atom. The first-order valence-corrected chi connectivity index (χ1v) is 7.27. The number of nitrogens with one attached hydrogen (secondary N) is 1. The lowest BCUT2D eigenvalue weighted by Crippen LogP contribution is -2.14. The van der Waals surface area contributed by atoms with Crippen molar-refractivity contribution in [2.24, 2.45) is 0 Å². The van der Waals surface area contributed by atoms with E-state index in [-0.39, 0.29) is 0 Å². The van der Waals surface area contributed by atoms with Gasteiger partial charge in [-0.05, 0) is 42.7 Å². The number of hydrogen-bond acceptors (Lipinski definition) is 2. The van der Waals surface area contributed by atoms with Crippen molar-refractivity contribution in [2.75, 3.05) is 0 Å². The van der Waals surface area contributed by atoms with Gasteiger partial charge in [0.1, 0.15) is 0 Å². The lowest BCUT2D eigenvalue weighted by Gasteiger charge is -2.05. The summed E-state index contributed by atoms with van der Waals surface area (Å²) in [5.74, 6) is 0. The third-order valence-electron chi connectivity index (χ3n) is 3.07. The molecule has 1 aliphatic carbocycles. The highest BCUT2D eigenvalue weighted by Gasteiger charge is 2.19. The van der Waals surface area contributed by atoms with E-state index < -0.39 is 0 Å². The van der Waals surface area contributed by atoms with Gasteiger partial charge in [0, 0.05) is 22.4 Å². The maximum absolute atomic E-state index is 3.54. The van der Waals surface area contributed by atoms with Crippen molar-refractivity contribution in [3.63, 3.8) is 0 Å². The van der Waals surface area contributed by atoms with Crippen molar-refractivity contribution >= 4 is 11.8 Å². The third-order valence-corrected chi connectivity index (χ3v) is 4.09. The fourth-order valence-electron chi connectivity index (χ4n) is 1.85. The smallest absolute Gasteiger partial charge is 0.0208 e. The van der Waals surface area contributed by atoms with Gasteiger partial charge < -0.3 is 5.32 Å². The molecule has 2 aromatic carbocycles. The second kappa shape index (κ2) is 5.59. The van der Waals surface area contributed by atoms with Crippen LogP contribution in [0.4, 0.5) is 0 Å². The normalized spacial score (nSPS) is 14.7. The summed E-state index contributed by atoms with van der Waals surface area (Å²) >= 11 is 1.81. The van der Waals surface area contributed by atoms with Gasteiger partial charge in [-0.15, -0.1) is 0 Å². The van der Waals surface area contributed by atoms with Crippen LogP contribution in [0.15, 0.2) is 64.4 Å².